The number of aromatic nitrogens is 1. The first-order valence-corrected chi connectivity index (χ1v) is 8.87. The average Bonchev–Trinajstić information content (AvgIpc) is 2.97. The van der Waals surface area contributed by atoms with Crippen molar-refractivity contribution in [3.05, 3.63) is 70.7 Å². The fourth-order valence-electron chi connectivity index (χ4n) is 3.89. The van der Waals surface area contributed by atoms with E-state index in [9.17, 15) is 14.0 Å². The maximum absolute atomic E-state index is 14.0. The molecule has 5 nitrogen and oxygen atoms in total. The van der Waals surface area contributed by atoms with Gasteiger partial charge in [-0.2, -0.15) is 0 Å². The van der Waals surface area contributed by atoms with Crippen LogP contribution in [0, 0.1) is 12.7 Å². The Morgan fingerprint density at radius 3 is 2.67 bits per heavy atom. The molecule has 0 radical (unpaired) electrons. The molecular formula is C21H20FN3O2. The van der Waals surface area contributed by atoms with Gasteiger partial charge in [-0.15, -0.1) is 0 Å². The van der Waals surface area contributed by atoms with Gasteiger partial charge in [0.15, 0.2) is 0 Å². The molecule has 2 heterocycles. The lowest BCUT2D eigenvalue weighted by Crippen LogP contribution is -2.51. The molecule has 2 aromatic carbocycles. The molecule has 2 amide bonds. The normalized spacial score (nSPS) is 16.4. The Labute approximate surface area is 156 Å². The Bertz CT molecular complexity index is 1060. The van der Waals surface area contributed by atoms with E-state index < -0.39 is 11.9 Å². The predicted octanol–water partition coefficient (Wildman–Crippen LogP) is 2.60. The molecule has 0 saturated carbocycles. The SMILES string of the molecule is Cc1[nH]c2c(F)cccc2c1CC(=O)N1Cc2ccccc2C[C@H]1C(N)=O. The second-order valence-corrected chi connectivity index (χ2v) is 6.98. The predicted molar refractivity (Wildman–Crippen MR) is 100 cm³/mol. The molecular weight excluding hydrogens is 345 g/mol. The fourth-order valence-corrected chi connectivity index (χ4v) is 3.89. The number of carbonyl (C=O) groups is 2. The zero-order valence-corrected chi connectivity index (χ0v) is 15.0. The molecule has 0 unspecified atom stereocenters. The first-order chi connectivity index (χ1) is 13.0. The third-order valence-corrected chi connectivity index (χ3v) is 5.33. The van der Waals surface area contributed by atoms with Crippen molar-refractivity contribution < 1.29 is 14.0 Å². The number of fused-ring (bicyclic) bond motifs is 2. The second-order valence-electron chi connectivity index (χ2n) is 6.98. The van der Waals surface area contributed by atoms with Gasteiger partial charge in [0.1, 0.15) is 11.9 Å². The van der Waals surface area contributed by atoms with E-state index in [-0.39, 0.29) is 18.1 Å². The summed E-state index contributed by atoms with van der Waals surface area (Å²) >= 11 is 0. The van der Waals surface area contributed by atoms with Crippen LogP contribution in [0.25, 0.3) is 10.9 Å². The van der Waals surface area contributed by atoms with Gasteiger partial charge in [-0.1, -0.05) is 36.4 Å². The number of rotatable bonds is 3. The quantitative estimate of drug-likeness (QED) is 0.748. The molecule has 1 aliphatic rings. The number of nitrogens with zero attached hydrogens (tertiary/aromatic N) is 1. The highest BCUT2D eigenvalue weighted by molar-refractivity contribution is 5.93. The van der Waals surface area contributed by atoms with Gasteiger partial charge in [0.05, 0.1) is 11.9 Å². The van der Waals surface area contributed by atoms with Crippen LogP contribution in [0.3, 0.4) is 0 Å². The molecule has 0 fully saturated rings. The molecule has 27 heavy (non-hydrogen) atoms. The summed E-state index contributed by atoms with van der Waals surface area (Å²) in [6.07, 6.45) is 0.500. The van der Waals surface area contributed by atoms with Crippen LogP contribution in [0.2, 0.25) is 0 Å². The molecule has 138 valence electrons. The van der Waals surface area contributed by atoms with E-state index in [1.54, 1.807) is 17.0 Å². The molecule has 4 rings (SSSR count). The van der Waals surface area contributed by atoms with Crippen molar-refractivity contribution in [2.75, 3.05) is 0 Å². The molecule has 0 spiro atoms. The summed E-state index contributed by atoms with van der Waals surface area (Å²) in [5.41, 5.74) is 9.52. The van der Waals surface area contributed by atoms with Crippen molar-refractivity contribution >= 4 is 22.7 Å². The van der Waals surface area contributed by atoms with E-state index in [1.165, 1.54) is 6.07 Å². The summed E-state index contributed by atoms with van der Waals surface area (Å²) in [6.45, 7) is 2.16. The van der Waals surface area contributed by atoms with E-state index in [0.29, 0.717) is 23.9 Å². The first kappa shape index (κ1) is 17.3. The van der Waals surface area contributed by atoms with E-state index in [2.05, 4.69) is 4.98 Å². The Morgan fingerprint density at radius 1 is 1.19 bits per heavy atom. The fraction of sp³-hybridized carbons (Fsp3) is 0.238. The zero-order chi connectivity index (χ0) is 19.1. The minimum absolute atomic E-state index is 0.0846. The summed E-state index contributed by atoms with van der Waals surface area (Å²) in [4.78, 5) is 29.6. The average molecular weight is 365 g/mol. The van der Waals surface area contributed by atoms with Crippen LogP contribution >= 0.6 is 0 Å². The molecule has 1 aliphatic heterocycles. The number of benzene rings is 2. The van der Waals surface area contributed by atoms with Gasteiger partial charge in [0.25, 0.3) is 0 Å². The molecule has 3 N–H and O–H groups in total. The topological polar surface area (TPSA) is 79.2 Å². The number of para-hydroxylation sites is 1. The van der Waals surface area contributed by atoms with Gasteiger partial charge >= 0.3 is 0 Å². The van der Waals surface area contributed by atoms with E-state index in [4.69, 9.17) is 5.73 Å². The number of H-pyrrole nitrogens is 1. The largest absolute Gasteiger partial charge is 0.368 e. The summed E-state index contributed by atoms with van der Waals surface area (Å²) in [6, 6.07) is 11.9. The lowest BCUT2D eigenvalue weighted by Gasteiger charge is -2.35. The highest BCUT2D eigenvalue weighted by Crippen LogP contribution is 2.28. The molecule has 1 atom stereocenters. The van der Waals surface area contributed by atoms with E-state index >= 15 is 0 Å². The van der Waals surface area contributed by atoms with Gasteiger partial charge in [0.2, 0.25) is 11.8 Å². The number of carbonyl (C=O) groups excluding carboxylic acids is 2. The number of hydrogen-bond acceptors (Lipinski definition) is 2. The molecule has 1 aromatic heterocycles. The number of nitrogens with two attached hydrogens (primary N) is 1. The zero-order valence-electron chi connectivity index (χ0n) is 15.0. The number of hydrogen-bond donors (Lipinski definition) is 2. The van der Waals surface area contributed by atoms with Gasteiger partial charge in [0, 0.05) is 24.0 Å². The molecule has 0 bridgehead atoms. The maximum atomic E-state index is 14.0. The Kier molecular flexibility index (Phi) is 4.18. The van der Waals surface area contributed by atoms with Crippen molar-refractivity contribution in [2.45, 2.75) is 32.4 Å². The molecule has 3 aromatic rings. The van der Waals surface area contributed by atoms with Crippen molar-refractivity contribution in [1.82, 2.24) is 9.88 Å². The van der Waals surface area contributed by atoms with Crippen LogP contribution in [-0.4, -0.2) is 27.7 Å². The van der Waals surface area contributed by atoms with Crippen molar-refractivity contribution in [2.24, 2.45) is 5.73 Å². The summed E-state index contributed by atoms with van der Waals surface area (Å²) in [5.74, 6) is -1.06. The second kappa shape index (κ2) is 6.54. The Hall–Kier alpha value is -3.15. The van der Waals surface area contributed by atoms with Gasteiger partial charge in [-0.25, -0.2) is 4.39 Å². The third kappa shape index (κ3) is 2.97. The first-order valence-electron chi connectivity index (χ1n) is 8.87. The molecule has 0 saturated heterocycles. The van der Waals surface area contributed by atoms with Crippen LogP contribution in [-0.2, 0) is 29.0 Å². The van der Waals surface area contributed by atoms with E-state index in [1.807, 2.05) is 31.2 Å². The number of amides is 2. The van der Waals surface area contributed by atoms with E-state index in [0.717, 1.165) is 22.4 Å². The lowest BCUT2D eigenvalue weighted by atomic mass is 9.93. The van der Waals surface area contributed by atoms with Gasteiger partial charge in [-0.3, -0.25) is 9.59 Å². The maximum Gasteiger partial charge on any atom is 0.240 e. The van der Waals surface area contributed by atoms with Crippen LogP contribution in [0.5, 0.6) is 0 Å². The lowest BCUT2D eigenvalue weighted by molar-refractivity contribution is -0.140. The monoisotopic (exact) mass is 365 g/mol. The molecule has 0 aliphatic carbocycles. The summed E-state index contributed by atoms with van der Waals surface area (Å²) < 4.78 is 14.0. The highest BCUT2D eigenvalue weighted by Gasteiger charge is 2.33. The number of nitrogens with one attached hydrogen (secondary N) is 1. The molecule has 6 heteroatoms. The summed E-state index contributed by atoms with van der Waals surface area (Å²) in [7, 11) is 0. The summed E-state index contributed by atoms with van der Waals surface area (Å²) in [5, 5.41) is 0.689. The number of aryl methyl sites for hydroxylation is 1. The van der Waals surface area contributed by atoms with Crippen molar-refractivity contribution in [3.8, 4) is 0 Å². The number of primary amides is 1. The standard InChI is InChI=1S/C21H20FN3O2/c1-12-16(15-7-4-8-17(22)20(15)24-12)10-19(26)25-11-14-6-3-2-5-13(14)9-18(25)21(23)27/h2-8,18,24H,9-11H2,1H3,(H2,23,27)/t18-/m0/s1. The minimum Gasteiger partial charge on any atom is -0.368 e. The van der Waals surface area contributed by atoms with Gasteiger partial charge < -0.3 is 15.6 Å². The van der Waals surface area contributed by atoms with Crippen LogP contribution in [0.1, 0.15) is 22.4 Å². The Morgan fingerprint density at radius 2 is 1.93 bits per heavy atom. The minimum atomic E-state index is -0.672. The smallest absolute Gasteiger partial charge is 0.240 e. The van der Waals surface area contributed by atoms with Crippen molar-refractivity contribution in [1.29, 1.82) is 0 Å². The number of aromatic amines is 1. The highest BCUT2D eigenvalue weighted by atomic mass is 19.1. The van der Waals surface area contributed by atoms with Crippen LogP contribution in [0.4, 0.5) is 4.39 Å². The third-order valence-electron chi connectivity index (χ3n) is 5.33. The van der Waals surface area contributed by atoms with Crippen molar-refractivity contribution in [3.63, 3.8) is 0 Å². The number of halogens is 1. The Balaban J connectivity index is 1.67. The van der Waals surface area contributed by atoms with Crippen LogP contribution in [0.15, 0.2) is 42.5 Å². The van der Waals surface area contributed by atoms with Crippen LogP contribution < -0.4 is 5.73 Å². The van der Waals surface area contributed by atoms with Gasteiger partial charge in [-0.05, 0) is 29.7 Å².